The Balaban J connectivity index is 3.29. The summed E-state index contributed by atoms with van der Waals surface area (Å²) in [5, 5.41) is 0. The van der Waals surface area contributed by atoms with Crippen LogP contribution in [-0.2, 0) is 11.3 Å². The number of hydrogen-bond donors (Lipinski definition) is 1. The molecule has 1 heterocycles. The van der Waals surface area contributed by atoms with Crippen LogP contribution < -0.4 is 10.5 Å². The van der Waals surface area contributed by atoms with E-state index < -0.39 is 41.7 Å². The molecule has 0 atom stereocenters. The topological polar surface area (TPSA) is 74.4 Å². The Bertz CT molecular complexity index is 477. The number of rotatable bonds is 4. The van der Waals surface area contributed by atoms with Gasteiger partial charge in [-0.05, 0) is 6.92 Å². The molecule has 0 saturated carbocycles. The number of aromatic nitrogens is 1. The van der Waals surface area contributed by atoms with Crippen LogP contribution in [0.3, 0.4) is 0 Å². The highest BCUT2D eigenvalue weighted by atomic mass is 19.4. The summed E-state index contributed by atoms with van der Waals surface area (Å²) in [6.07, 6.45) is -4.59. The minimum absolute atomic E-state index is 0.0694. The van der Waals surface area contributed by atoms with Gasteiger partial charge in [-0.25, -0.2) is 14.2 Å². The van der Waals surface area contributed by atoms with Crippen molar-refractivity contribution in [3.05, 3.63) is 23.1 Å². The fourth-order valence-corrected chi connectivity index (χ4v) is 1.32. The molecule has 1 aromatic heterocycles. The van der Waals surface area contributed by atoms with Crippen LogP contribution in [0.2, 0.25) is 0 Å². The van der Waals surface area contributed by atoms with Crippen LogP contribution in [-0.4, -0.2) is 23.9 Å². The second-order valence-corrected chi connectivity index (χ2v) is 3.24. The molecule has 0 fully saturated rings. The Morgan fingerprint density at radius 2 is 2.11 bits per heavy atom. The highest BCUT2D eigenvalue weighted by molar-refractivity contribution is 5.91. The van der Waals surface area contributed by atoms with Crippen LogP contribution in [0, 0.1) is 5.82 Å². The molecule has 2 N–H and O–H groups in total. The largest absolute Gasteiger partial charge is 0.574 e. The molecule has 0 aliphatic carbocycles. The Labute approximate surface area is 105 Å². The lowest BCUT2D eigenvalue weighted by molar-refractivity contribution is -0.276. The van der Waals surface area contributed by atoms with Gasteiger partial charge in [-0.3, -0.25) is 0 Å². The molecule has 0 aliphatic rings. The van der Waals surface area contributed by atoms with Crippen LogP contribution in [0.1, 0.15) is 22.8 Å². The number of nitrogens with zero attached hydrogens (tertiary/aromatic N) is 1. The summed E-state index contributed by atoms with van der Waals surface area (Å²) in [5.41, 5.74) is 4.00. The summed E-state index contributed by atoms with van der Waals surface area (Å²) < 4.78 is 58.0. The van der Waals surface area contributed by atoms with E-state index in [1.165, 1.54) is 6.92 Å². The van der Waals surface area contributed by atoms with Gasteiger partial charge in [0.15, 0.2) is 5.82 Å². The second kappa shape index (κ2) is 5.83. The summed E-state index contributed by atoms with van der Waals surface area (Å²) in [6.45, 7) is 0.830. The second-order valence-electron chi connectivity index (χ2n) is 3.24. The van der Waals surface area contributed by atoms with E-state index in [-0.39, 0.29) is 6.61 Å². The Hall–Kier alpha value is -1.90. The van der Waals surface area contributed by atoms with Crippen molar-refractivity contribution < 1.29 is 31.8 Å². The van der Waals surface area contributed by atoms with Crippen LogP contribution in [0.25, 0.3) is 0 Å². The van der Waals surface area contributed by atoms with Gasteiger partial charge in [-0.2, -0.15) is 0 Å². The Morgan fingerprint density at radius 3 is 2.58 bits per heavy atom. The molecular weight excluding hydrogens is 272 g/mol. The fraction of sp³-hybridized carbons (Fsp3) is 0.400. The lowest BCUT2D eigenvalue weighted by atomic mass is 10.1. The van der Waals surface area contributed by atoms with Crippen molar-refractivity contribution in [1.29, 1.82) is 0 Å². The van der Waals surface area contributed by atoms with Crippen molar-refractivity contribution in [2.24, 2.45) is 5.73 Å². The van der Waals surface area contributed by atoms with Gasteiger partial charge in [0.05, 0.1) is 12.8 Å². The molecule has 0 saturated heterocycles. The number of carbonyl (C=O) groups excluding carboxylic acids is 1. The van der Waals surface area contributed by atoms with Gasteiger partial charge in [0.2, 0.25) is 5.88 Å². The van der Waals surface area contributed by atoms with Crippen LogP contribution in [0.5, 0.6) is 5.88 Å². The number of pyridine rings is 1. The van der Waals surface area contributed by atoms with E-state index in [4.69, 9.17) is 5.73 Å². The zero-order chi connectivity index (χ0) is 14.6. The highest BCUT2D eigenvalue weighted by Gasteiger charge is 2.34. The van der Waals surface area contributed by atoms with Gasteiger partial charge < -0.3 is 15.2 Å². The zero-order valence-corrected chi connectivity index (χ0v) is 9.75. The van der Waals surface area contributed by atoms with Gasteiger partial charge >= 0.3 is 12.3 Å². The minimum Gasteiger partial charge on any atom is -0.462 e. The molecule has 1 rings (SSSR count). The molecule has 0 aliphatic heterocycles. The number of ether oxygens (including phenoxy) is 2. The molecular formula is C10H10F4N2O3. The van der Waals surface area contributed by atoms with Gasteiger partial charge in [0, 0.05) is 12.1 Å². The number of carbonyl (C=O) groups is 1. The average Bonchev–Trinajstić information content (AvgIpc) is 2.29. The monoisotopic (exact) mass is 282 g/mol. The number of alkyl halides is 3. The minimum atomic E-state index is -5.03. The number of nitrogens with two attached hydrogens (primary N) is 1. The normalized spacial score (nSPS) is 11.3. The average molecular weight is 282 g/mol. The predicted molar refractivity (Wildman–Crippen MR) is 54.7 cm³/mol. The van der Waals surface area contributed by atoms with Crippen molar-refractivity contribution in [1.82, 2.24) is 4.98 Å². The standard InChI is InChI=1S/C10H10F4N2O3/c1-2-18-9(17)7-5(3-15)8(16-4-6(7)11)19-10(12,13)14/h4H,2-3,15H2,1H3. The molecule has 5 nitrogen and oxygen atoms in total. The predicted octanol–water partition coefficient (Wildman–Crippen LogP) is 1.75. The van der Waals surface area contributed by atoms with E-state index in [2.05, 4.69) is 14.5 Å². The lowest BCUT2D eigenvalue weighted by Crippen LogP contribution is -2.22. The Kier molecular flexibility index (Phi) is 4.65. The third-order valence-corrected chi connectivity index (χ3v) is 1.99. The fourth-order valence-electron chi connectivity index (χ4n) is 1.32. The van der Waals surface area contributed by atoms with Gasteiger partial charge in [-0.15, -0.1) is 13.2 Å². The maximum atomic E-state index is 13.5. The van der Waals surface area contributed by atoms with Crippen LogP contribution >= 0.6 is 0 Å². The number of esters is 1. The highest BCUT2D eigenvalue weighted by Crippen LogP contribution is 2.28. The maximum Gasteiger partial charge on any atom is 0.574 e. The van der Waals surface area contributed by atoms with E-state index in [1.807, 2.05) is 0 Å². The van der Waals surface area contributed by atoms with E-state index in [1.54, 1.807) is 0 Å². The maximum absolute atomic E-state index is 13.5. The molecule has 0 bridgehead atoms. The molecule has 0 spiro atoms. The first-order chi connectivity index (χ1) is 8.80. The van der Waals surface area contributed by atoms with Crippen molar-refractivity contribution in [2.75, 3.05) is 6.61 Å². The smallest absolute Gasteiger partial charge is 0.462 e. The van der Waals surface area contributed by atoms with Crippen molar-refractivity contribution in [2.45, 2.75) is 19.8 Å². The summed E-state index contributed by atoms with van der Waals surface area (Å²) >= 11 is 0. The first-order valence-electron chi connectivity index (χ1n) is 5.10. The molecule has 106 valence electrons. The Morgan fingerprint density at radius 1 is 1.47 bits per heavy atom. The molecule has 1 aromatic rings. The van der Waals surface area contributed by atoms with Crippen LogP contribution in [0.15, 0.2) is 6.20 Å². The van der Waals surface area contributed by atoms with E-state index in [9.17, 15) is 22.4 Å². The van der Waals surface area contributed by atoms with E-state index >= 15 is 0 Å². The molecule has 0 unspecified atom stereocenters. The SMILES string of the molecule is CCOC(=O)c1c(F)cnc(OC(F)(F)F)c1CN. The zero-order valence-electron chi connectivity index (χ0n) is 9.75. The summed E-state index contributed by atoms with van der Waals surface area (Å²) in [5.74, 6) is -3.23. The first kappa shape index (κ1) is 15.2. The number of halogens is 4. The van der Waals surface area contributed by atoms with Gasteiger partial charge in [0.1, 0.15) is 5.56 Å². The number of hydrogen-bond acceptors (Lipinski definition) is 5. The summed E-state index contributed by atoms with van der Waals surface area (Å²) in [6, 6.07) is 0. The molecule has 0 radical (unpaired) electrons. The van der Waals surface area contributed by atoms with Crippen molar-refractivity contribution in [3.8, 4) is 5.88 Å². The summed E-state index contributed by atoms with van der Waals surface area (Å²) in [7, 11) is 0. The van der Waals surface area contributed by atoms with E-state index in [0.29, 0.717) is 6.20 Å². The third-order valence-electron chi connectivity index (χ3n) is 1.99. The molecule has 0 aromatic carbocycles. The summed E-state index contributed by atoms with van der Waals surface area (Å²) in [4.78, 5) is 14.6. The van der Waals surface area contributed by atoms with Gasteiger partial charge in [-0.1, -0.05) is 0 Å². The van der Waals surface area contributed by atoms with E-state index in [0.717, 1.165) is 0 Å². The lowest BCUT2D eigenvalue weighted by Gasteiger charge is -2.14. The quantitative estimate of drug-likeness (QED) is 0.672. The van der Waals surface area contributed by atoms with Crippen LogP contribution in [0.4, 0.5) is 17.6 Å². The van der Waals surface area contributed by atoms with Crippen molar-refractivity contribution in [3.63, 3.8) is 0 Å². The third kappa shape index (κ3) is 3.78. The van der Waals surface area contributed by atoms with Crippen molar-refractivity contribution >= 4 is 5.97 Å². The first-order valence-corrected chi connectivity index (χ1v) is 5.10. The molecule has 9 heteroatoms. The molecule has 0 amide bonds. The molecule has 19 heavy (non-hydrogen) atoms. The van der Waals surface area contributed by atoms with Gasteiger partial charge in [0.25, 0.3) is 0 Å².